The molecule has 3 rings (SSSR count). The maximum atomic E-state index is 12.3. The van der Waals surface area contributed by atoms with Crippen LogP contribution in [0.5, 0.6) is 0 Å². The Morgan fingerprint density at radius 3 is 2.96 bits per heavy atom. The van der Waals surface area contributed by atoms with Crippen LogP contribution in [0.4, 0.5) is 5.69 Å². The first-order chi connectivity index (χ1) is 11.8. The van der Waals surface area contributed by atoms with E-state index in [9.17, 15) is 14.4 Å². The lowest BCUT2D eigenvalue weighted by Crippen LogP contribution is -2.47. The van der Waals surface area contributed by atoms with Gasteiger partial charge in [0, 0.05) is 12.2 Å². The number of esters is 1. The molecule has 0 unspecified atom stereocenters. The number of rotatable bonds is 4. The Balaban J connectivity index is 1.55. The smallest absolute Gasteiger partial charge is 0.330 e. The topological polar surface area (TPSA) is 75.7 Å². The number of halogens is 1. The molecule has 2 aliphatic heterocycles. The number of anilines is 1. The molecule has 2 heterocycles. The Kier molecular flexibility index (Phi) is 4.97. The number of carbonyl (C=O) groups excluding carboxylic acids is 3. The van der Waals surface area contributed by atoms with Gasteiger partial charge in [-0.05, 0) is 38.0 Å². The molecule has 0 spiro atoms. The van der Waals surface area contributed by atoms with Crippen LogP contribution < -0.4 is 5.32 Å². The lowest BCUT2D eigenvalue weighted by molar-refractivity contribution is -0.155. The van der Waals surface area contributed by atoms with E-state index >= 15 is 0 Å². The largest absolute Gasteiger partial charge is 0.454 e. The summed E-state index contributed by atoms with van der Waals surface area (Å²) >= 11 is 7.64. The zero-order valence-electron chi connectivity index (χ0n) is 14.0. The van der Waals surface area contributed by atoms with E-state index in [1.807, 2.05) is 19.9 Å². The highest BCUT2D eigenvalue weighted by Gasteiger charge is 2.53. The fraction of sp³-hybridized carbons (Fsp3) is 0.471. The Morgan fingerprint density at radius 2 is 2.24 bits per heavy atom. The molecule has 2 atom stereocenters. The number of ether oxygens (including phenoxy) is 1. The van der Waals surface area contributed by atoms with Crippen LogP contribution in [0.3, 0.4) is 0 Å². The van der Waals surface area contributed by atoms with E-state index in [-0.39, 0.29) is 10.8 Å². The molecule has 6 nitrogen and oxygen atoms in total. The van der Waals surface area contributed by atoms with E-state index < -0.39 is 24.5 Å². The Bertz CT molecular complexity index is 741. The second kappa shape index (κ2) is 6.88. The predicted octanol–water partition coefficient (Wildman–Crippen LogP) is 2.58. The van der Waals surface area contributed by atoms with Crippen molar-refractivity contribution >= 4 is 46.8 Å². The van der Waals surface area contributed by atoms with Crippen molar-refractivity contribution in [2.45, 2.75) is 37.6 Å². The molecule has 2 saturated heterocycles. The summed E-state index contributed by atoms with van der Waals surface area (Å²) < 4.78 is 5.12. The van der Waals surface area contributed by atoms with Gasteiger partial charge in [0.25, 0.3) is 5.91 Å². The van der Waals surface area contributed by atoms with E-state index in [0.29, 0.717) is 22.9 Å². The van der Waals surface area contributed by atoms with Gasteiger partial charge in [0.15, 0.2) is 6.61 Å². The van der Waals surface area contributed by atoms with Crippen LogP contribution >= 0.6 is 23.4 Å². The van der Waals surface area contributed by atoms with Crippen LogP contribution in [-0.4, -0.2) is 46.0 Å². The van der Waals surface area contributed by atoms with Gasteiger partial charge < -0.3 is 15.0 Å². The van der Waals surface area contributed by atoms with Crippen molar-refractivity contribution in [3.63, 3.8) is 0 Å². The first-order valence-electron chi connectivity index (χ1n) is 7.99. The Hall–Kier alpha value is -1.73. The highest BCUT2D eigenvalue weighted by atomic mass is 35.5. The average molecular weight is 383 g/mol. The normalized spacial score (nSPS) is 25.0. The van der Waals surface area contributed by atoms with Crippen LogP contribution in [0.2, 0.25) is 5.02 Å². The summed E-state index contributed by atoms with van der Waals surface area (Å²) in [6.45, 7) is 3.44. The number of thioether (sulfide) groups is 1. The third-order valence-corrected chi connectivity index (χ3v) is 6.28. The second-order valence-corrected chi connectivity index (χ2v) is 8.31. The quantitative estimate of drug-likeness (QED) is 0.810. The molecule has 1 N–H and O–H groups in total. The van der Waals surface area contributed by atoms with Gasteiger partial charge >= 0.3 is 5.97 Å². The number of amides is 2. The maximum Gasteiger partial charge on any atom is 0.330 e. The number of hydrogen-bond donors (Lipinski definition) is 1. The number of fused-ring (bicyclic) bond motifs is 1. The number of benzene rings is 1. The van der Waals surface area contributed by atoms with Crippen LogP contribution in [0.15, 0.2) is 18.2 Å². The van der Waals surface area contributed by atoms with Crippen molar-refractivity contribution in [1.82, 2.24) is 4.90 Å². The highest BCUT2D eigenvalue weighted by molar-refractivity contribution is 8.01. The van der Waals surface area contributed by atoms with E-state index in [1.165, 1.54) is 0 Å². The number of nitrogens with one attached hydrogen (secondary N) is 1. The third kappa shape index (κ3) is 3.62. The summed E-state index contributed by atoms with van der Waals surface area (Å²) in [7, 11) is 0. The zero-order valence-corrected chi connectivity index (χ0v) is 15.6. The van der Waals surface area contributed by atoms with Gasteiger partial charge in [0.05, 0.1) is 15.6 Å². The predicted molar refractivity (Wildman–Crippen MR) is 96.5 cm³/mol. The summed E-state index contributed by atoms with van der Waals surface area (Å²) in [6.07, 6.45) is 1.17. The zero-order chi connectivity index (χ0) is 18.2. The average Bonchev–Trinajstić information content (AvgIpc) is 3.04. The van der Waals surface area contributed by atoms with E-state index in [4.69, 9.17) is 16.3 Å². The molecule has 0 aromatic heterocycles. The van der Waals surface area contributed by atoms with Crippen molar-refractivity contribution in [3.8, 4) is 0 Å². The van der Waals surface area contributed by atoms with Crippen molar-refractivity contribution in [1.29, 1.82) is 0 Å². The maximum absolute atomic E-state index is 12.3. The first kappa shape index (κ1) is 18.1. The van der Waals surface area contributed by atoms with Crippen LogP contribution in [0.25, 0.3) is 0 Å². The Labute approximate surface area is 155 Å². The number of aryl methyl sites for hydroxylation is 1. The molecule has 0 bridgehead atoms. The minimum absolute atomic E-state index is 0.0367. The molecule has 0 saturated carbocycles. The monoisotopic (exact) mass is 382 g/mol. The summed E-state index contributed by atoms with van der Waals surface area (Å²) in [5, 5.41) is 3.03. The van der Waals surface area contributed by atoms with Crippen molar-refractivity contribution in [2.75, 3.05) is 17.7 Å². The van der Waals surface area contributed by atoms with Crippen LogP contribution in [-0.2, 0) is 19.1 Å². The number of nitrogens with zero attached hydrogens (tertiary/aromatic N) is 1. The fourth-order valence-corrected chi connectivity index (χ4v) is 4.83. The van der Waals surface area contributed by atoms with Crippen molar-refractivity contribution in [3.05, 3.63) is 28.8 Å². The second-order valence-electron chi connectivity index (χ2n) is 6.40. The lowest BCUT2D eigenvalue weighted by Gasteiger charge is -2.29. The van der Waals surface area contributed by atoms with Gasteiger partial charge in [-0.1, -0.05) is 17.7 Å². The third-order valence-electron chi connectivity index (χ3n) is 4.46. The van der Waals surface area contributed by atoms with E-state index in [0.717, 1.165) is 12.0 Å². The number of carbonyl (C=O) groups is 3. The van der Waals surface area contributed by atoms with Gasteiger partial charge in [-0.25, -0.2) is 4.79 Å². The minimum Gasteiger partial charge on any atom is -0.454 e. The van der Waals surface area contributed by atoms with E-state index in [1.54, 1.807) is 28.8 Å². The molecule has 0 radical (unpaired) electrons. The molecule has 1 aromatic rings. The van der Waals surface area contributed by atoms with Crippen LogP contribution in [0, 0.1) is 6.92 Å². The highest BCUT2D eigenvalue weighted by Crippen LogP contribution is 2.47. The molecule has 2 amide bonds. The molecule has 2 aliphatic rings. The molecule has 134 valence electrons. The van der Waals surface area contributed by atoms with Gasteiger partial charge in [-0.15, -0.1) is 11.8 Å². The van der Waals surface area contributed by atoms with Crippen molar-refractivity contribution in [2.24, 2.45) is 0 Å². The number of hydrogen-bond acceptors (Lipinski definition) is 5. The lowest BCUT2D eigenvalue weighted by atomic mass is 10.2. The summed E-state index contributed by atoms with van der Waals surface area (Å²) in [6, 6.07) is 4.63. The molecule has 2 fully saturated rings. The van der Waals surface area contributed by atoms with Gasteiger partial charge in [0.2, 0.25) is 5.91 Å². The van der Waals surface area contributed by atoms with Crippen LogP contribution in [0.1, 0.15) is 25.3 Å². The SMILES string of the molecule is Cc1ccc(NC(=O)COC(=O)[C@@H]2CS[C@@]3(C)CCC(=O)N23)c(Cl)c1. The molecular weight excluding hydrogens is 364 g/mol. The molecule has 25 heavy (non-hydrogen) atoms. The van der Waals surface area contributed by atoms with Gasteiger partial charge in [-0.3, -0.25) is 9.59 Å². The fourth-order valence-electron chi connectivity index (χ4n) is 3.14. The first-order valence-corrected chi connectivity index (χ1v) is 9.35. The van der Waals surface area contributed by atoms with Gasteiger partial charge in [0.1, 0.15) is 6.04 Å². The minimum atomic E-state index is -0.624. The molecule has 8 heteroatoms. The summed E-state index contributed by atoms with van der Waals surface area (Å²) in [5.41, 5.74) is 1.44. The summed E-state index contributed by atoms with van der Waals surface area (Å²) in [5.74, 6) is -0.561. The van der Waals surface area contributed by atoms with Gasteiger partial charge in [-0.2, -0.15) is 0 Å². The standard InChI is InChI=1S/C17H19ClN2O4S/c1-10-3-4-12(11(18)7-10)19-14(21)8-24-16(23)13-9-25-17(2)6-5-15(22)20(13)17/h3-4,7,13H,5-6,8-9H2,1-2H3,(H,19,21)/t13-,17-/m0/s1. The Morgan fingerprint density at radius 1 is 1.48 bits per heavy atom. The van der Waals surface area contributed by atoms with E-state index in [2.05, 4.69) is 5.32 Å². The van der Waals surface area contributed by atoms with Crippen molar-refractivity contribution < 1.29 is 19.1 Å². The molecular formula is C17H19ClN2O4S. The summed E-state index contributed by atoms with van der Waals surface area (Å²) in [4.78, 5) is 37.6. The molecule has 1 aromatic carbocycles. The molecule has 0 aliphatic carbocycles.